The maximum atomic E-state index is 6.49. The fourth-order valence-corrected chi connectivity index (χ4v) is 2.88. The topological polar surface area (TPSA) is 55.0 Å². The Balaban J connectivity index is 2.20. The number of rotatable bonds is 4. The third-order valence-corrected chi connectivity index (χ3v) is 4.40. The molecule has 0 bridgehead atoms. The van der Waals surface area contributed by atoms with Crippen LogP contribution in [0.1, 0.15) is 51.1 Å². The van der Waals surface area contributed by atoms with Gasteiger partial charge in [0.2, 0.25) is 0 Å². The van der Waals surface area contributed by atoms with Gasteiger partial charge in [0.1, 0.15) is 6.33 Å². The van der Waals surface area contributed by atoms with Crippen molar-refractivity contribution in [1.29, 1.82) is 0 Å². The van der Waals surface area contributed by atoms with E-state index in [1.54, 1.807) is 6.33 Å². The van der Waals surface area contributed by atoms with E-state index < -0.39 is 0 Å². The third kappa shape index (κ3) is 2.54. The van der Waals surface area contributed by atoms with E-state index in [4.69, 9.17) is 5.73 Å². The number of nitrogens with two attached hydrogens (primary N) is 1. The van der Waals surface area contributed by atoms with Gasteiger partial charge >= 0.3 is 0 Å². The quantitative estimate of drug-likeness (QED) is 0.887. The maximum absolute atomic E-state index is 6.49. The van der Waals surface area contributed by atoms with Crippen LogP contribution in [-0.2, 0) is 0 Å². The molecule has 0 aromatic carbocycles. The minimum atomic E-state index is -0.0261. The smallest absolute Gasteiger partial charge is 0.115 e. The molecule has 1 aromatic heterocycles. The highest BCUT2D eigenvalue weighted by Crippen LogP contribution is 2.33. The molecule has 1 aromatic rings. The first-order valence-corrected chi connectivity index (χ1v) is 6.94. The van der Waals surface area contributed by atoms with E-state index in [2.05, 4.69) is 28.7 Å². The number of hydrogen-bond acceptors (Lipinski definition) is 4. The Morgan fingerprint density at radius 2 is 1.89 bits per heavy atom. The molecule has 1 fully saturated rings. The lowest BCUT2D eigenvalue weighted by Crippen LogP contribution is -2.54. The summed E-state index contributed by atoms with van der Waals surface area (Å²) in [6.07, 6.45) is 10.2. The highest BCUT2D eigenvalue weighted by Gasteiger charge is 2.37. The van der Waals surface area contributed by atoms with Crippen molar-refractivity contribution in [3.05, 3.63) is 24.3 Å². The normalized spacial score (nSPS) is 22.4. The first-order chi connectivity index (χ1) is 8.68. The average molecular weight is 248 g/mol. The first-order valence-electron chi connectivity index (χ1n) is 6.94. The zero-order chi connectivity index (χ0) is 13.0. The lowest BCUT2D eigenvalue weighted by molar-refractivity contribution is 0.0541. The first kappa shape index (κ1) is 13.4. The molecule has 2 rings (SSSR count). The highest BCUT2D eigenvalue weighted by molar-refractivity contribution is 5.15. The van der Waals surface area contributed by atoms with E-state index in [9.17, 15) is 0 Å². The highest BCUT2D eigenvalue weighted by atomic mass is 15.2. The maximum Gasteiger partial charge on any atom is 0.115 e. The molecule has 0 amide bonds. The molecule has 4 heteroatoms. The molecule has 100 valence electrons. The number of nitrogens with zero attached hydrogens (tertiary/aromatic N) is 3. The fourth-order valence-electron chi connectivity index (χ4n) is 2.88. The van der Waals surface area contributed by atoms with Gasteiger partial charge in [0.25, 0.3) is 0 Å². The van der Waals surface area contributed by atoms with Crippen molar-refractivity contribution in [3.8, 4) is 0 Å². The second-order valence-electron chi connectivity index (χ2n) is 5.41. The summed E-state index contributed by atoms with van der Waals surface area (Å²) in [6, 6.07) is -0.0261. The van der Waals surface area contributed by atoms with Gasteiger partial charge in [0.05, 0.1) is 6.04 Å². The van der Waals surface area contributed by atoms with E-state index in [0.717, 1.165) is 25.1 Å². The second kappa shape index (κ2) is 5.76. The van der Waals surface area contributed by atoms with Gasteiger partial charge in [-0.15, -0.1) is 0 Å². The third-order valence-electron chi connectivity index (χ3n) is 4.40. The summed E-state index contributed by atoms with van der Waals surface area (Å²) in [7, 11) is 0. The predicted octanol–water partition coefficient (Wildman–Crippen LogP) is 2.13. The molecule has 1 aliphatic heterocycles. The molecule has 2 atom stereocenters. The van der Waals surface area contributed by atoms with E-state index in [-0.39, 0.29) is 11.6 Å². The zero-order valence-corrected chi connectivity index (χ0v) is 11.5. The number of piperidine rings is 1. The monoisotopic (exact) mass is 248 g/mol. The predicted molar refractivity (Wildman–Crippen MR) is 73.1 cm³/mol. The summed E-state index contributed by atoms with van der Waals surface area (Å²) in [6.45, 7) is 6.81. The van der Waals surface area contributed by atoms with Gasteiger partial charge in [0.15, 0.2) is 0 Å². The van der Waals surface area contributed by atoms with Gasteiger partial charge in [-0.25, -0.2) is 9.97 Å². The van der Waals surface area contributed by atoms with Crippen LogP contribution in [0.4, 0.5) is 0 Å². The van der Waals surface area contributed by atoms with Crippen LogP contribution in [0.25, 0.3) is 0 Å². The van der Waals surface area contributed by atoms with Crippen molar-refractivity contribution < 1.29 is 0 Å². The minimum Gasteiger partial charge on any atom is -0.322 e. The zero-order valence-electron chi connectivity index (χ0n) is 11.5. The number of likely N-dealkylation sites (tertiary alicyclic amines) is 1. The largest absolute Gasteiger partial charge is 0.322 e. The molecule has 4 nitrogen and oxygen atoms in total. The van der Waals surface area contributed by atoms with Crippen LogP contribution in [0, 0.1) is 0 Å². The van der Waals surface area contributed by atoms with Crippen molar-refractivity contribution >= 4 is 0 Å². The van der Waals surface area contributed by atoms with Gasteiger partial charge < -0.3 is 5.73 Å². The molecular formula is C14H24N4. The molecule has 1 aliphatic rings. The Kier molecular flexibility index (Phi) is 4.30. The molecule has 0 radical (unpaired) electrons. The lowest BCUT2D eigenvalue weighted by Gasteiger charge is -2.46. The van der Waals surface area contributed by atoms with E-state index >= 15 is 0 Å². The van der Waals surface area contributed by atoms with Crippen molar-refractivity contribution in [1.82, 2.24) is 14.9 Å². The van der Waals surface area contributed by atoms with Gasteiger partial charge in [0, 0.05) is 23.5 Å². The Hall–Kier alpha value is -1.00. The molecule has 0 aliphatic carbocycles. The van der Waals surface area contributed by atoms with Crippen LogP contribution in [-0.4, -0.2) is 33.5 Å². The van der Waals surface area contributed by atoms with Crippen molar-refractivity contribution in [3.63, 3.8) is 0 Å². The van der Waals surface area contributed by atoms with Crippen LogP contribution >= 0.6 is 0 Å². The van der Waals surface area contributed by atoms with Crippen molar-refractivity contribution in [2.75, 3.05) is 13.1 Å². The number of aromatic nitrogens is 2. The molecule has 0 saturated carbocycles. The Labute approximate surface area is 110 Å². The van der Waals surface area contributed by atoms with E-state index in [0.29, 0.717) is 0 Å². The summed E-state index contributed by atoms with van der Waals surface area (Å²) in [5.41, 5.74) is 7.53. The van der Waals surface area contributed by atoms with Gasteiger partial charge in [-0.2, -0.15) is 0 Å². The van der Waals surface area contributed by atoms with Crippen LogP contribution < -0.4 is 5.73 Å². The van der Waals surface area contributed by atoms with Gasteiger partial charge in [-0.05, 0) is 39.3 Å². The summed E-state index contributed by atoms with van der Waals surface area (Å²) < 4.78 is 0. The Morgan fingerprint density at radius 1 is 1.28 bits per heavy atom. The number of hydrogen-bond donors (Lipinski definition) is 1. The van der Waals surface area contributed by atoms with Crippen molar-refractivity contribution in [2.24, 2.45) is 5.73 Å². The summed E-state index contributed by atoms with van der Waals surface area (Å²) in [4.78, 5) is 10.7. The molecule has 1 saturated heterocycles. The van der Waals surface area contributed by atoms with Crippen LogP contribution in [0.5, 0.6) is 0 Å². The molecule has 2 unspecified atom stereocenters. The average Bonchev–Trinajstić information content (AvgIpc) is 2.47. The van der Waals surface area contributed by atoms with Crippen LogP contribution in [0.2, 0.25) is 0 Å². The molecular weight excluding hydrogens is 224 g/mol. The summed E-state index contributed by atoms with van der Waals surface area (Å²) in [5, 5.41) is 0. The van der Waals surface area contributed by atoms with Crippen LogP contribution in [0.15, 0.2) is 18.7 Å². The summed E-state index contributed by atoms with van der Waals surface area (Å²) >= 11 is 0. The van der Waals surface area contributed by atoms with E-state index in [1.165, 1.54) is 19.3 Å². The van der Waals surface area contributed by atoms with Crippen molar-refractivity contribution in [2.45, 2.75) is 51.1 Å². The van der Waals surface area contributed by atoms with Crippen LogP contribution in [0.3, 0.4) is 0 Å². The SMILES string of the molecule is CCC(C)(C(N)c1cncnc1)N1CCCCC1. The Morgan fingerprint density at radius 3 is 2.44 bits per heavy atom. The standard InChI is InChI=1S/C14H24N4/c1-3-14(2,18-7-5-4-6-8-18)13(15)12-9-16-11-17-10-12/h9-11,13H,3-8,15H2,1-2H3. The van der Waals surface area contributed by atoms with Gasteiger partial charge in [-0.3, -0.25) is 4.90 Å². The molecule has 2 heterocycles. The Bertz CT molecular complexity index is 361. The second-order valence-corrected chi connectivity index (χ2v) is 5.41. The minimum absolute atomic E-state index is 0.00509. The fraction of sp³-hybridized carbons (Fsp3) is 0.714. The summed E-state index contributed by atoms with van der Waals surface area (Å²) in [5.74, 6) is 0. The van der Waals surface area contributed by atoms with Gasteiger partial charge in [-0.1, -0.05) is 13.3 Å². The van der Waals surface area contributed by atoms with E-state index in [1.807, 2.05) is 12.4 Å². The molecule has 18 heavy (non-hydrogen) atoms. The lowest BCUT2D eigenvalue weighted by atomic mass is 9.83. The molecule has 0 spiro atoms. The molecule has 2 N–H and O–H groups in total.